The second-order valence-corrected chi connectivity index (χ2v) is 5.75. The normalized spacial score (nSPS) is 10.6. The average Bonchev–Trinajstić information content (AvgIpc) is 2.98. The number of benzene rings is 2. The summed E-state index contributed by atoms with van der Waals surface area (Å²) in [5.74, 6) is -2.70. The number of hydrogen-bond acceptors (Lipinski definition) is 3. The summed E-state index contributed by atoms with van der Waals surface area (Å²) >= 11 is 0. The van der Waals surface area contributed by atoms with E-state index in [0.29, 0.717) is 11.3 Å². The molecule has 0 amide bonds. The quantitative estimate of drug-likeness (QED) is 0.760. The maximum Gasteiger partial charge on any atom is 0.357 e. The maximum absolute atomic E-state index is 11.8. The highest BCUT2D eigenvalue weighted by molar-refractivity contribution is 6.05. The third-order valence-corrected chi connectivity index (χ3v) is 3.94. The van der Waals surface area contributed by atoms with E-state index in [1.54, 1.807) is 30.3 Å². The summed E-state index contributed by atoms with van der Waals surface area (Å²) in [5.41, 5.74) is 2.50. The lowest BCUT2D eigenvalue weighted by molar-refractivity contribution is 0.0648. The zero-order valence-corrected chi connectivity index (χ0v) is 13.7. The number of aryl methyl sites for hydroxylation is 2. The van der Waals surface area contributed by atoms with Crippen LogP contribution in [0.3, 0.4) is 0 Å². The molecule has 0 bridgehead atoms. The Morgan fingerprint density at radius 1 is 0.960 bits per heavy atom. The Morgan fingerprint density at radius 2 is 1.64 bits per heavy atom. The second kappa shape index (κ2) is 6.24. The van der Waals surface area contributed by atoms with Gasteiger partial charge in [-0.2, -0.15) is 5.10 Å². The maximum atomic E-state index is 11.8. The van der Waals surface area contributed by atoms with Crippen molar-refractivity contribution in [1.29, 1.82) is 0 Å². The Hall–Kier alpha value is -3.41. The molecule has 0 saturated heterocycles. The minimum absolute atomic E-state index is 0.249. The number of nitrogens with zero attached hydrogens (tertiary/aromatic N) is 2. The fraction of sp³-hybridized carbons (Fsp3) is 0.105. The molecule has 0 radical (unpaired) electrons. The zero-order valence-electron chi connectivity index (χ0n) is 13.7. The number of carbonyl (C=O) groups is 2. The molecule has 0 aliphatic heterocycles. The van der Waals surface area contributed by atoms with Gasteiger partial charge >= 0.3 is 11.9 Å². The third kappa shape index (κ3) is 2.89. The Kier molecular flexibility index (Phi) is 4.10. The van der Waals surface area contributed by atoms with Crippen molar-refractivity contribution in [3.8, 4) is 16.9 Å². The van der Waals surface area contributed by atoms with Gasteiger partial charge in [0.2, 0.25) is 0 Å². The summed E-state index contributed by atoms with van der Waals surface area (Å²) in [4.78, 5) is 23.4. The van der Waals surface area contributed by atoms with Crippen LogP contribution in [0.15, 0.2) is 48.5 Å². The van der Waals surface area contributed by atoms with Gasteiger partial charge in [-0.15, -0.1) is 0 Å². The van der Waals surface area contributed by atoms with Crippen LogP contribution in [0.1, 0.15) is 32.0 Å². The largest absolute Gasteiger partial charge is 0.478 e. The molecule has 6 nitrogen and oxygen atoms in total. The van der Waals surface area contributed by atoms with Gasteiger partial charge in [0.1, 0.15) is 5.56 Å². The molecule has 0 aliphatic carbocycles. The standard InChI is InChI=1S/C19H16N2O4/c1-11-8-9-12(2)14(10-11)21-17(13-6-4-3-5-7-13)15(18(22)23)16(20-21)19(24)25/h3-10H,1-2H3,(H,22,23)(H,24,25). The van der Waals surface area contributed by atoms with Crippen molar-refractivity contribution in [2.75, 3.05) is 0 Å². The van der Waals surface area contributed by atoms with Gasteiger partial charge in [0.05, 0.1) is 11.4 Å². The summed E-state index contributed by atoms with van der Waals surface area (Å²) in [5, 5.41) is 23.2. The Bertz CT molecular complexity index is 975. The van der Waals surface area contributed by atoms with Crippen molar-refractivity contribution in [3.05, 3.63) is 70.9 Å². The lowest BCUT2D eigenvalue weighted by Crippen LogP contribution is -2.07. The van der Waals surface area contributed by atoms with E-state index in [4.69, 9.17) is 0 Å². The zero-order chi connectivity index (χ0) is 18.1. The minimum atomic E-state index is -1.38. The van der Waals surface area contributed by atoms with Gasteiger partial charge in [0.15, 0.2) is 5.69 Å². The van der Waals surface area contributed by atoms with E-state index in [2.05, 4.69) is 5.10 Å². The van der Waals surface area contributed by atoms with E-state index >= 15 is 0 Å². The highest BCUT2D eigenvalue weighted by Gasteiger charge is 2.29. The Labute approximate surface area is 144 Å². The summed E-state index contributed by atoms with van der Waals surface area (Å²) in [6.45, 7) is 3.77. The molecular formula is C19H16N2O4. The monoisotopic (exact) mass is 336 g/mol. The molecule has 1 heterocycles. The van der Waals surface area contributed by atoms with E-state index in [1.807, 2.05) is 32.0 Å². The van der Waals surface area contributed by atoms with Crippen molar-refractivity contribution >= 4 is 11.9 Å². The van der Waals surface area contributed by atoms with Gasteiger partial charge < -0.3 is 10.2 Å². The molecule has 3 aromatic rings. The summed E-state index contributed by atoms with van der Waals surface area (Å²) in [6, 6.07) is 14.5. The first-order valence-corrected chi connectivity index (χ1v) is 7.62. The molecule has 2 N–H and O–H groups in total. The van der Waals surface area contributed by atoms with Gasteiger partial charge in [-0.05, 0) is 31.0 Å². The van der Waals surface area contributed by atoms with Gasteiger partial charge in [0, 0.05) is 5.56 Å². The third-order valence-electron chi connectivity index (χ3n) is 3.94. The first-order valence-electron chi connectivity index (χ1n) is 7.62. The van der Waals surface area contributed by atoms with E-state index in [9.17, 15) is 19.8 Å². The Morgan fingerprint density at radius 3 is 2.24 bits per heavy atom. The van der Waals surface area contributed by atoms with Gasteiger partial charge in [-0.1, -0.05) is 42.5 Å². The van der Waals surface area contributed by atoms with E-state index in [0.717, 1.165) is 11.1 Å². The molecule has 126 valence electrons. The molecular weight excluding hydrogens is 320 g/mol. The molecule has 1 aromatic heterocycles. The Balaban J connectivity index is 2.43. The van der Waals surface area contributed by atoms with Crippen molar-refractivity contribution in [1.82, 2.24) is 9.78 Å². The van der Waals surface area contributed by atoms with Crippen molar-refractivity contribution < 1.29 is 19.8 Å². The van der Waals surface area contributed by atoms with Crippen LogP contribution in [0.25, 0.3) is 16.9 Å². The van der Waals surface area contributed by atoms with Gasteiger partial charge in [0.25, 0.3) is 0 Å². The van der Waals surface area contributed by atoms with Gasteiger partial charge in [-0.25, -0.2) is 14.3 Å². The molecule has 0 spiro atoms. The highest BCUT2D eigenvalue weighted by atomic mass is 16.4. The lowest BCUT2D eigenvalue weighted by atomic mass is 10.0. The van der Waals surface area contributed by atoms with Crippen molar-refractivity contribution in [2.24, 2.45) is 0 Å². The number of carboxylic acids is 2. The van der Waals surface area contributed by atoms with E-state index in [1.165, 1.54) is 4.68 Å². The predicted octanol–water partition coefficient (Wildman–Crippen LogP) is 3.55. The van der Waals surface area contributed by atoms with Crippen LogP contribution in [0, 0.1) is 13.8 Å². The first kappa shape index (κ1) is 16.4. The summed E-state index contributed by atoms with van der Waals surface area (Å²) < 4.78 is 1.41. The smallest absolute Gasteiger partial charge is 0.357 e. The number of aromatic nitrogens is 2. The highest BCUT2D eigenvalue weighted by Crippen LogP contribution is 2.30. The van der Waals surface area contributed by atoms with E-state index < -0.39 is 17.6 Å². The summed E-state index contributed by atoms with van der Waals surface area (Å²) in [7, 11) is 0. The second-order valence-electron chi connectivity index (χ2n) is 5.75. The number of rotatable bonds is 4. The molecule has 2 aromatic carbocycles. The van der Waals surface area contributed by atoms with Crippen molar-refractivity contribution in [3.63, 3.8) is 0 Å². The first-order chi connectivity index (χ1) is 11.9. The van der Waals surface area contributed by atoms with Gasteiger partial charge in [-0.3, -0.25) is 0 Å². The van der Waals surface area contributed by atoms with Crippen LogP contribution < -0.4 is 0 Å². The molecule has 0 unspecified atom stereocenters. The minimum Gasteiger partial charge on any atom is -0.478 e. The SMILES string of the molecule is Cc1ccc(C)c(-n2nc(C(=O)O)c(C(=O)O)c2-c2ccccc2)c1. The molecule has 3 rings (SSSR count). The predicted molar refractivity (Wildman–Crippen MR) is 92.4 cm³/mol. The lowest BCUT2D eigenvalue weighted by Gasteiger charge is -2.12. The number of carboxylic acid groups (broad SMARTS) is 2. The van der Waals surface area contributed by atoms with Crippen LogP contribution >= 0.6 is 0 Å². The van der Waals surface area contributed by atoms with E-state index in [-0.39, 0.29) is 11.3 Å². The van der Waals surface area contributed by atoms with Crippen LogP contribution in [0.2, 0.25) is 0 Å². The molecule has 0 aliphatic rings. The molecule has 0 saturated carbocycles. The van der Waals surface area contributed by atoms with Crippen LogP contribution in [-0.2, 0) is 0 Å². The van der Waals surface area contributed by atoms with Crippen LogP contribution in [-0.4, -0.2) is 31.9 Å². The molecule has 0 atom stereocenters. The summed E-state index contributed by atoms with van der Waals surface area (Å²) in [6.07, 6.45) is 0. The number of hydrogen-bond donors (Lipinski definition) is 2. The van der Waals surface area contributed by atoms with Crippen LogP contribution in [0.5, 0.6) is 0 Å². The van der Waals surface area contributed by atoms with Crippen LogP contribution in [0.4, 0.5) is 0 Å². The molecule has 25 heavy (non-hydrogen) atoms. The fourth-order valence-electron chi connectivity index (χ4n) is 2.75. The number of aromatic carboxylic acids is 2. The molecule has 6 heteroatoms. The topological polar surface area (TPSA) is 92.4 Å². The van der Waals surface area contributed by atoms with Crippen molar-refractivity contribution in [2.45, 2.75) is 13.8 Å². The average molecular weight is 336 g/mol. The fourth-order valence-corrected chi connectivity index (χ4v) is 2.75. The molecule has 0 fully saturated rings.